The van der Waals surface area contributed by atoms with Gasteiger partial charge in [-0.1, -0.05) is 44.1 Å². The average Bonchev–Trinajstić information content (AvgIpc) is 3.03. The van der Waals surface area contributed by atoms with Crippen molar-refractivity contribution >= 4 is 11.8 Å². The lowest BCUT2D eigenvalue weighted by Gasteiger charge is -2.56. The lowest BCUT2D eigenvalue weighted by molar-refractivity contribution is -0.0526. The Morgan fingerprint density at radius 1 is 1.13 bits per heavy atom. The lowest BCUT2D eigenvalue weighted by atomic mass is 9.49. The highest BCUT2D eigenvalue weighted by Crippen LogP contribution is 2.66. The summed E-state index contributed by atoms with van der Waals surface area (Å²) in [6, 6.07) is 0. The van der Waals surface area contributed by atoms with Crippen molar-refractivity contribution in [3.8, 4) is 0 Å². The van der Waals surface area contributed by atoms with Crippen LogP contribution in [0.3, 0.4) is 0 Å². The monoisotopic (exact) mass is 448 g/mol. The summed E-state index contributed by atoms with van der Waals surface area (Å²) in [5.41, 5.74) is 2.47. The van der Waals surface area contributed by atoms with Crippen molar-refractivity contribution in [3.63, 3.8) is 0 Å². The first-order valence-electron chi connectivity index (χ1n) is 12.6. The Hall–Kier alpha value is -0.290. The van der Waals surface area contributed by atoms with Gasteiger partial charge >= 0.3 is 0 Å². The highest BCUT2D eigenvalue weighted by molar-refractivity contribution is 7.99. The smallest absolute Gasteiger partial charge is 0.0661 e. The molecular formula is C27H44O3S. The van der Waals surface area contributed by atoms with Crippen LogP contribution in [0.4, 0.5) is 0 Å². The summed E-state index contributed by atoms with van der Waals surface area (Å²) in [5, 5.41) is 31.9. The minimum Gasteiger partial charge on any atom is -0.393 e. The van der Waals surface area contributed by atoms with Crippen LogP contribution in [0.5, 0.6) is 0 Å². The number of hydrogen-bond acceptors (Lipinski definition) is 4. The molecule has 3 fully saturated rings. The molecule has 3 saturated carbocycles. The van der Waals surface area contributed by atoms with Gasteiger partial charge in [-0.25, -0.2) is 0 Å². The Labute approximate surface area is 193 Å². The molecule has 0 amide bonds. The molecule has 8 atom stereocenters. The van der Waals surface area contributed by atoms with Gasteiger partial charge in [-0.15, -0.1) is 0 Å². The van der Waals surface area contributed by atoms with Gasteiger partial charge in [-0.2, -0.15) is 11.8 Å². The number of aliphatic hydroxyl groups is 3. The van der Waals surface area contributed by atoms with Gasteiger partial charge in [0.05, 0.1) is 17.8 Å². The second-order valence-corrected chi connectivity index (χ2v) is 13.6. The summed E-state index contributed by atoms with van der Waals surface area (Å²) < 4.78 is 0. The lowest BCUT2D eigenvalue weighted by Crippen LogP contribution is -2.52. The molecule has 0 aromatic carbocycles. The van der Waals surface area contributed by atoms with Crippen LogP contribution in [-0.2, 0) is 0 Å². The van der Waals surface area contributed by atoms with Crippen LogP contribution in [-0.4, -0.2) is 44.1 Å². The third-order valence-electron chi connectivity index (χ3n) is 9.60. The van der Waals surface area contributed by atoms with E-state index < -0.39 is 17.8 Å². The summed E-state index contributed by atoms with van der Waals surface area (Å²) in [4.78, 5) is 0. The molecule has 4 heteroatoms. The topological polar surface area (TPSA) is 60.7 Å². The normalized spacial score (nSPS) is 43.4. The van der Waals surface area contributed by atoms with Crippen LogP contribution in [0.1, 0.15) is 86.0 Å². The Morgan fingerprint density at radius 3 is 2.58 bits per heavy atom. The first-order valence-corrected chi connectivity index (χ1v) is 13.6. The van der Waals surface area contributed by atoms with Crippen molar-refractivity contribution in [1.29, 1.82) is 0 Å². The molecule has 0 radical (unpaired) electrons. The van der Waals surface area contributed by atoms with Gasteiger partial charge in [0.2, 0.25) is 0 Å². The molecule has 4 aliphatic carbocycles. The summed E-state index contributed by atoms with van der Waals surface area (Å²) >= 11 is 2.11. The van der Waals surface area contributed by atoms with E-state index in [4.69, 9.17) is 0 Å². The van der Waals surface area contributed by atoms with E-state index >= 15 is 0 Å². The zero-order valence-corrected chi connectivity index (χ0v) is 21.0. The molecule has 3 N–H and O–H groups in total. The minimum absolute atomic E-state index is 0.194. The Bertz CT molecular complexity index is 737. The van der Waals surface area contributed by atoms with Gasteiger partial charge in [-0.05, 0) is 87.7 Å². The Balaban J connectivity index is 1.48. The molecule has 4 rings (SSSR count). The maximum Gasteiger partial charge on any atom is 0.0661 e. The molecule has 0 spiro atoms. The van der Waals surface area contributed by atoms with Gasteiger partial charge in [-0.3, -0.25) is 0 Å². The number of fused-ring (bicyclic) bond motifs is 5. The molecule has 0 heterocycles. The van der Waals surface area contributed by atoms with Crippen LogP contribution in [0.2, 0.25) is 0 Å². The van der Waals surface area contributed by atoms with Gasteiger partial charge in [0, 0.05) is 17.1 Å². The third-order valence-corrected chi connectivity index (χ3v) is 11.0. The number of hydrogen-bond donors (Lipinski definition) is 3. The largest absolute Gasteiger partial charge is 0.393 e. The van der Waals surface area contributed by atoms with E-state index in [1.54, 1.807) is 5.57 Å². The van der Waals surface area contributed by atoms with E-state index in [9.17, 15) is 15.3 Å². The van der Waals surface area contributed by atoms with Crippen molar-refractivity contribution in [2.45, 2.75) is 109 Å². The third kappa shape index (κ3) is 4.20. The van der Waals surface area contributed by atoms with E-state index in [2.05, 4.69) is 44.7 Å². The second-order valence-electron chi connectivity index (χ2n) is 12.1. The first kappa shape index (κ1) is 23.9. The van der Waals surface area contributed by atoms with Crippen molar-refractivity contribution in [2.75, 3.05) is 5.75 Å². The Morgan fingerprint density at radius 2 is 1.87 bits per heavy atom. The fourth-order valence-corrected chi connectivity index (χ4v) is 9.11. The van der Waals surface area contributed by atoms with Crippen LogP contribution in [0.15, 0.2) is 23.3 Å². The zero-order chi connectivity index (χ0) is 22.6. The summed E-state index contributed by atoms with van der Waals surface area (Å²) in [6.07, 6.45) is 12.0. The van der Waals surface area contributed by atoms with Crippen LogP contribution >= 0.6 is 11.8 Å². The molecule has 0 saturated heterocycles. The predicted octanol–water partition coefficient (Wildman–Crippen LogP) is 5.49. The maximum atomic E-state index is 11.0. The molecular weight excluding hydrogens is 404 g/mol. The second kappa shape index (κ2) is 8.49. The molecule has 0 aromatic heterocycles. The number of rotatable bonds is 6. The highest BCUT2D eigenvalue weighted by atomic mass is 32.2. The van der Waals surface area contributed by atoms with E-state index in [0.717, 1.165) is 37.4 Å². The van der Waals surface area contributed by atoms with E-state index in [-0.39, 0.29) is 5.41 Å². The number of allylic oxidation sites excluding steroid dienone is 3. The molecule has 0 bridgehead atoms. The standard InChI is InChI=1S/C27H44O3S/c1-17(31-14-6-12-25(2,3)30)21-9-10-22-20-8-7-18-15-19(28)16-24(29)27(18,5)23(20)11-13-26(21,22)4/h7-8,17,19,21-24,28-30H,6,9-16H2,1-5H3/t17?,19?,21-,22+,23+,24?,26-,27+/m1/s1. The Kier molecular flexibility index (Phi) is 6.53. The van der Waals surface area contributed by atoms with Gasteiger partial charge in [0.1, 0.15) is 0 Å². The first-order chi connectivity index (χ1) is 14.5. The van der Waals surface area contributed by atoms with Crippen LogP contribution in [0, 0.1) is 28.6 Å². The van der Waals surface area contributed by atoms with Crippen LogP contribution < -0.4 is 0 Å². The highest BCUT2D eigenvalue weighted by Gasteiger charge is 2.58. The van der Waals surface area contributed by atoms with Crippen molar-refractivity contribution in [3.05, 3.63) is 23.3 Å². The SMILES string of the molecule is CC(SCCCC(C)(C)O)[C@H]1CC[C@H]2C3=CC=C4CC(O)CC(O)[C@]4(C)[C@H]3CC[C@]12C. The maximum absolute atomic E-state index is 11.0. The molecule has 4 aliphatic rings. The summed E-state index contributed by atoms with van der Waals surface area (Å²) in [6.45, 7) is 11.1. The quantitative estimate of drug-likeness (QED) is 0.470. The minimum atomic E-state index is -0.553. The summed E-state index contributed by atoms with van der Waals surface area (Å²) in [7, 11) is 0. The van der Waals surface area contributed by atoms with Gasteiger partial charge in [0.25, 0.3) is 0 Å². The van der Waals surface area contributed by atoms with E-state index in [1.165, 1.54) is 24.8 Å². The molecule has 0 aromatic rings. The van der Waals surface area contributed by atoms with E-state index in [1.807, 2.05) is 13.8 Å². The molecule has 176 valence electrons. The fraction of sp³-hybridized carbons (Fsp3) is 0.852. The molecule has 3 nitrogen and oxygen atoms in total. The van der Waals surface area contributed by atoms with Crippen LogP contribution in [0.25, 0.3) is 0 Å². The average molecular weight is 449 g/mol. The fourth-order valence-electron chi connectivity index (χ4n) is 7.75. The number of aliphatic hydroxyl groups excluding tert-OH is 2. The van der Waals surface area contributed by atoms with E-state index in [0.29, 0.717) is 28.9 Å². The molecule has 0 aliphatic heterocycles. The van der Waals surface area contributed by atoms with Gasteiger partial charge in [0.15, 0.2) is 0 Å². The summed E-state index contributed by atoms with van der Waals surface area (Å²) in [5.74, 6) is 2.93. The van der Waals surface area contributed by atoms with Crippen molar-refractivity contribution in [2.24, 2.45) is 28.6 Å². The van der Waals surface area contributed by atoms with Crippen molar-refractivity contribution < 1.29 is 15.3 Å². The van der Waals surface area contributed by atoms with Gasteiger partial charge < -0.3 is 15.3 Å². The predicted molar refractivity (Wildman–Crippen MR) is 130 cm³/mol. The molecule has 31 heavy (non-hydrogen) atoms. The number of thioether (sulfide) groups is 1. The molecule has 3 unspecified atom stereocenters. The van der Waals surface area contributed by atoms with Crippen molar-refractivity contribution in [1.82, 2.24) is 0 Å². The zero-order valence-electron chi connectivity index (χ0n) is 20.2.